The zero-order valence-electron chi connectivity index (χ0n) is 15.5. The van der Waals surface area contributed by atoms with Crippen molar-refractivity contribution >= 4 is 30.8 Å². The summed E-state index contributed by atoms with van der Waals surface area (Å²) in [6.07, 6.45) is 7.70. The second-order valence-corrected chi connectivity index (χ2v) is 7.12. The van der Waals surface area contributed by atoms with E-state index in [1.165, 1.54) is 38.5 Å². The highest BCUT2D eigenvalue weighted by atomic mass is 35.5. The minimum absolute atomic E-state index is 0. The summed E-state index contributed by atoms with van der Waals surface area (Å²) in [6.45, 7) is 6.29. The van der Waals surface area contributed by atoms with Crippen LogP contribution in [-0.2, 0) is 4.74 Å². The Morgan fingerprint density at radius 2 is 1.27 bits per heavy atom. The molecular weight excluding hydrogens is 371 g/mol. The summed E-state index contributed by atoms with van der Waals surface area (Å²) in [5, 5.41) is 0. The quantitative estimate of drug-likeness (QED) is 0.672. The van der Waals surface area contributed by atoms with Crippen molar-refractivity contribution in [1.29, 1.82) is 0 Å². The molecule has 0 N–H and O–H groups in total. The third-order valence-electron chi connectivity index (χ3n) is 5.10. The number of hydrogen-bond acceptors (Lipinski definition) is 4. The van der Waals surface area contributed by atoms with Gasteiger partial charge < -0.3 is 4.74 Å². The number of halogens is 2. The lowest BCUT2D eigenvalue weighted by molar-refractivity contribution is 0.00520. The van der Waals surface area contributed by atoms with Crippen molar-refractivity contribution < 1.29 is 9.53 Å². The highest BCUT2D eigenvalue weighted by Gasteiger charge is 2.24. The number of benzene rings is 1. The first-order valence-corrected chi connectivity index (χ1v) is 9.52. The lowest BCUT2D eigenvalue weighted by Crippen LogP contribution is -2.45. The molecule has 0 unspecified atom stereocenters. The average molecular weight is 403 g/mol. The van der Waals surface area contributed by atoms with Gasteiger partial charge in [-0.2, -0.15) is 0 Å². The molecule has 3 rings (SSSR count). The molecule has 1 aromatic rings. The van der Waals surface area contributed by atoms with Gasteiger partial charge in [-0.05, 0) is 64.0 Å². The van der Waals surface area contributed by atoms with E-state index < -0.39 is 0 Å². The molecule has 2 saturated heterocycles. The average Bonchev–Trinajstić information content (AvgIpc) is 2.64. The van der Waals surface area contributed by atoms with E-state index in [-0.39, 0.29) is 36.9 Å². The van der Waals surface area contributed by atoms with Crippen LogP contribution in [0.1, 0.15) is 48.9 Å². The Labute approximate surface area is 170 Å². The molecule has 0 aromatic heterocycles. The molecule has 0 amide bonds. The molecule has 2 aliphatic heterocycles. The topological polar surface area (TPSA) is 32.8 Å². The Bertz CT molecular complexity index is 484. The molecule has 2 heterocycles. The first-order chi connectivity index (χ1) is 11.8. The predicted octanol–water partition coefficient (Wildman–Crippen LogP) is 4.03. The van der Waals surface area contributed by atoms with E-state index in [9.17, 15) is 4.79 Å². The van der Waals surface area contributed by atoms with Crippen molar-refractivity contribution in [2.45, 2.75) is 44.6 Å². The minimum Gasteiger partial charge on any atom is -0.456 e. The molecule has 2 aliphatic rings. The van der Waals surface area contributed by atoms with Crippen molar-refractivity contribution in [3.63, 3.8) is 0 Å². The van der Waals surface area contributed by atoms with Crippen molar-refractivity contribution in [3.05, 3.63) is 35.9 Å². The number of esters is 1. The van der Waals surface area contributed by atoms with Gasteiger partial charge in [-0.25, -0.2) is 4.79 Å². The van der Waals surface area contributed by atoms with E-state index >= 15 is 0 Å². The van der Waals surface area contributed by atoms with Crippen LogP contribution in [0.4, 0.5) is 0 Å². The van der Waals surface area contributed by atoms with Crippen LogP contribution < -0.4 is 0 Å². The predicted molar refractivity (Wildman–Crippen MR) is 111 cm³/mol. The standard InChI is InChI=1S/C20H30N2O2.2ClH/c23-20(18-10-4-1-5-11-18)24-19(16-21-12-6-2-7-13-21)17-22-14-8-3-9-15-22;;/h1,4-5,10-11,19H,2-3,6-9,12-17H2;2*1H. The Balaban J connectivity index is 0.00000169. The molecule has 148 valence electrons. The van der Waals surface area contributed by atoms with Crippen molar-refractivity contribution in [3.8, 4) is 0 Å². The van der Waals surface area contributed by atoms with Gasteiger partial charge >= 0.3 is 5.97 Å². The molecule has 0 atom stereocenters. The van der Waals surface area contributed by atoms with E-state index in [0.29, 0.717) is 5.56 Å². The maximum Gasteiger partial charge on any atom is 0.338 e. The molecule has 4 nitrogen and oxygen atoms in total. The minimum atomic E-state index is -0.186. The van der Waals surface area contributed by atoms with Crippen LogP contribution in [0.2, 0.25) is 0 Å². The van der Waals surface area contributed by atoms with Crippen molar-refractivity contribution in [2.75, 3.05) is 39.3 Å². The van der Waals surface area contributed by atoms with E-state index in [4.69, 9.17) is 4.74 Å². The van der Waals surface area contributed by atoms with Gasteiger partial charge in [0.15, 0.2) is 0 Å². The van der Waals surface area contributed by atoms with Gasteiger partial charge in [0.2, 0.25) is 0 Å². The van der Waals surface area contributed by atoms with Crippen LogP contribution in [0.5, 0.6) is 0 Å². The number of piperidine rings is 2. The first kappa shape index (κ1) is 23.2. The van der Waals surface area contributed by atoms with Gasteiger partial charge in [-0.1, -0.05) is 31.0 Å². The summed E-state index contributed by atoms with van der Waals surface area (Å²) in [5.74, 6) is -0.186. The van der Waals surface area contributed by atoms with Gasteiger partial charge in [0, 0.05) is 13.1 Å². The van der Waals surface area contributed by atoms with Crippen molar-refractivity contribution in [1.82, 2.24) is 9.80 Å². The maximum absolute atomic E-state index is 12.5. The number of carbonyl (C=O) groups excluding carboxylic acids is 1. The van der Waals surface area contributed by atoms with Crippen LogP contribution in [0.25, 0.3) is 0 Å². The largest absolute Gasteiger partial charge is 0.456 e. The number of hydrogen-bond donors (Lipinski definition) is 0. The summed E-state index contributed by atoms with van der Waals surface area (Å²) in [4.78, 5) is 17.4. The number of ether oxygens (including phenoxy) is 1. The van der Waals surface area contributed by atoms with E-state index in [1.807, 2.05) is 30.3 Å². The zero-order valence-corrected chi connectivity index (χ0v) is 17.1. The molecule has 6 heteroatoms. The maximum atomic E-state index is 12.5. The molecule has 0 spiro atoms. The Morgan fingerprint density at radius 1 is 0.808 bits per heavy atom. The third-order valence-corrected chi connectivity index (χ3v) is 5.10. The monoisotopic (exact) mass is 402 g/mol. The first-order valence-electron chi connectivity index (χ1n) is 9.52. The molecule has 0 aliphatic carbocycles. The highest BCUT2D eigenvalue weighted by molar-refractivity contribution is 5.89. The van der Waals surface area contributed by atoms with Gasteiger partial charge in [0.25, 0.3) is 0 Å². The Morgan fingerprint density at radius 3 is 1.73 bits per heavy atom. The molecule has 0 bridgehead atoms. The third kappa shape index (κ3) is 7.43. The second kappa shape index (κ2) is 12.6. The number of nitrogens with zero attached hydrogens (tertiary/aromatic N) is 2. The summed E-state index contributed by atoms with van der Waals surface area (Å²) in [6, 6.07) is 9.37. The SMILES string of the molecule is Cl.Cl.O=C(OC(CN1CCCCC1)CN1CCCCC1)c1ccccc1. The number of likely N-dealkylation sites (tertiary alicyclic amines) is 2. The number of rotatable bonds is 6. The fraction of sp³-hybridized carbons (Fsp3) is 0.650. The smallest absolute Gasteiger partial charge is 0.338 e. The van der Waals surface area contributed by atoms with Gasteiger partial charge in [0.05, 0.1) is 5.56 Å². The molecule has 26 heavy (non-hydrogen) atoms. The molecule has 0 radical (unpaired) electrons. The summed E-state index contributed by atoms with van der Waals surface area (Å²) in [5.41, 5.74) is 0.653. The summed E-state index contributed by atoms with van der Waals surface area (Å²) < 4.78 is 5.92. The Hall–Kier alpha value is -0.810. The van der Waals surface area contributed by atoms with E-state index in [0.717, 1.165) is 39.3 Å². The van der Waals surface area contributed by atoms with Gasteiger partial charge in [-0.15, -0.1) is 24.8 Å². The van der Waals surface area contributed by atoms with Gasteiger partial charge in [0.1, 0.15) is 6.10 Å². The number of carbonyl (C=O) groups is 1. The molecule has 2 fully saturated rings. The second-order valence-electron chi connectivity index (χ2n) is 7.12. The fourth-order valence-corrected chi connectivity index (χ4v) is 3.79. The normalized spacial score (nSPS) is 18.7. The van der Waals surface area contributed by atoms with Crippen LogP contribution in [0, 0.1) is 0 Å². The van der Waals surface area contributed by atoms with E-state index in [2.05, 4.69) is 9.80 Å². The van der Waals surface area contributed by atoms with Gasteiger partial charge in [-0.3, -0.25) is 9.80 Å². The molecule has 1 aromatic carbocycles. The lowest BCUT2D eigenvalue weighted by Gasteiger charge is -2.34. The zero-order chi connectivity index (χ0) is 16.6. The summed E-state index contributed by atoms with van der Waals surface area (Å²) >= 11 is 0. The summed E-state index contributed by atoms with van der Waals surface area (Å²) in [7, 11) is 0. The lowest BCUT2D eigenvalue weighted by atomic mass is 10.1. The van der Waals surface area contributed by atoms with E-state index in [1.54, 1.807) is 0 Å². The van der Waals surface area contributed by atoms with Crippen LogP contribution in [0.15, 0.2) is 30.3 Å². The van der Waals surface area contributed by atoms with Crippen LogP contribution in [0.3, 0.4) is 0 Å². The molecular formula is C20H32Cl2N2O2. The van der Waals surface area contributed by atoms with Crippen molar-refractivity contribution in [2.24, 2.45) is 0 Å². The fourth-order valence-electron chi connectivity index (χ4n) is 3.79. The Kier molecular flexibility index (Phi) is 11.2. The van der Waals surface area contributed by atoms with Crippen LogP contribution in [-0.4, -0.2) is 61.1 Å². The molecule has 0 saturated carbocycles. The van der Waals surface area contributed by atoms with Crippen LogP contribution >= 0.6 is 24.8 Å². The highest BCUT2D eigenvalue weighted by Crippen LogP contribution is 2.15.